The highest BCUT2D eigenvalue weighted by Gasteiger charge is 2.20. The number of nitrogen functional groups attached to an aromatic ring is 1. The molecule has 0 spiro atoms. The molecule has 0 amide bonds. The summed E-state index contributed by atoms with van der Waals surface area (Å²) in [5.41, 5.74) is 10.5. The molecule has 1 aliphatic rings. The van der Waals surface area contributed by atoms with Crippen molar-refractivity contribution < 1.29 is 0 Å². The second kappa shape index (κ2) is 7.24. The van der Waals surface area contributed by atoms with Crippen LogP contribution in [-0.2, 0) is 0 Å². The number of imidazole rings is 1. The first-order valence-corrected chi connectivity index (χ1v) is 9.27. The number of anilines is 2. The van der Waals surface area contributed by atoms with Gasteiger partial charge in [0, 0.05) is 19.0 Å². The zero-order valence-corrected chi connectivity index (χ0v) is 14.6. The summed E-state index contributed by atoms with van der Waals surface area (Å²) < 4.78 is 0. The van der Waals surface area contributed by atoms with Crippen molar-refractivity contribution in [1.82, 2.24) is 9.97 Å². The molecular formula is C19H30N4. The molecule has 1 aliphatic carbocycles. The van der Waals surface area contributed by atoms with E-state index >= 15 is 0 Å². The van der Waals surface area contributed by atoms with E-state index in [4.69, 9.17) is 10.7 Å². The number of fused-ring (bicyclic) bond motifs is 1. The van der Waals surface area contributed by atoms with Gasteiger partial charge in [0.1, 0.15) is 5.82 Å². The lowest BCUT2D eigenvalue weighted by atomic mass is 9.89. The van der Waals surface area contributed by atoms with Crippen molar-refractivity contribution in [1.29, 1.82) is 0 Å². The standard InChI is InChI=1S/C19H30N4/c1-3-10-23(11-4-2)18-13-17-16(12-15(18)20)21-19(22-17)14-8-6-5-7-9-14/h12-14H,3-11,20H2,1-2H3,(H,21,22). The summed E-state index contributed by atoms with van der Waals surface area (Å²) in [7, 11) is 0. The van der Waals surface area contributed by atoms with E-state index in [1.807, 2.05) is 0 Å². The van der Waals surface area contributed by atoms with Crippen LogP contribution in [0.4, 0.5) is 11.4 Å². The predicted molar refractivity (Wildman–Crippen MR) is 99.1 cm³/mol. The summed E-state index contributed by atoms with van der Waals surface area (Å²) in [5.74, 6) is 1.76. The van der Waals surface area contributed by atoms with E-state index in [9.17, 15) is 0 Å². The summed E-state index contributed by atoms with van der Waals surface area (Å²) in [5, 5.41) is 0. The van der Waals surface area contributed by atoms with E-state index in [0.29, 0.717) is 5.92 Å². The monoisotopic (exact) mass is 314 g/mol. The molecule has 4 heteroatoms. The fourth-order valence-corrected chi connectivity index (χ4v) is 3.82. The molecule has 3 N–H and O–H groups in total. The van der Waals surface area contributed by atoms with Gasteiger partial charge in [0.15, 0.2) is 0 Å². The van der Waals surface area contributed by atoms with Crippen LogP contribution in [0, 0.1) is 0 Å². The van der Waals surface area contributed by atoms with Crippen LogP contribution >= 0.6 is 0 Å². The quantitative estimate of drug-likeness (QED) is 0.752. The van der Waals surface area contributed by atoms with Gasteiger partial charge in [0.2, 0.25) is 0 Å². The van der Waals surface area contributed by atoms with Crippen molar-refractivity contribution in [3.8, 4) is 0 Å². The van der Waals surface area contributed by atoms with Gasteiger partial charge in [-0.1, -0.05) is 33.1 Å². The molecule has 0 aliphatic heterocycles. The van der Waals surface area contributed by atoms with E-state index in [2.05, 4.69) is 35.9 Å². The first-order chi connectivity index (χ1) is 11.2. The van der Waals surface area contributed by atoms with E-state index in [0.717, 1.165) is 54.2 Å². The highest BCUT2D eigenvalue weighted by atomic mass is 15.1. The van der Waals surface area contributed by atoms with Crippen molar-refractivity contribution in [2.45, 2.75) is 64.7 Å². The van der Waals surface area contributed by atoms with E-state index in [1.54, 1.807) is 0 Å². The predicted octanol–water partition coefficient (Wildman–Crippen LogP) is 4.82. The third kappa shape index (κ3) is 3.46. The molecule has 126 valence electrons. The third-order valence-electron chi connectivity index (χ3n) is 4.97. The van der Waals surface area contributed by atoms with Crippen molar-refractivity contribution in [3.05, 3.63) is 18.0 Å². The average Bonchev–Trinajstić information content (AvgIpc) is 2.97. The van der Waals surface area contributed by atoms with Gasteiger partial charge < -0.3 is 15.6 Å². The summed E-state index contributed by atoms with van der Waals surface area (Å²) in [6.45, 7) is 6.52. The van der Waals surface area contributed by atoms with Gasteiger partial charge >= 0.3 is 0 Å². The van der Waals surface area contributed by atoms with Crippen LogP contribution in [0.5, 0.6) is 0 Å². The van der Waals surface area contributed by atoms with E-state index in [-0.39, 0.29) is 0 Å². The topological polar surface area (TPSA) is 57.9 Å². The molecule has 1 aromatic carbocycles. The Morgan fingerprint density at radius 2 is 1.83 bits per heavy atom. The van der Waals surface area contributed by atoms with Gasteiger partial charge in [0.25, 0.3) is 0 Å². The molecule has 0 saturated heterocycles. The number of nitrogens with two attached hydrogens (primary N) is 1. The minimum atomic E-state index is 0.600. The molecule has 0 atom stereocenters. The second-order valence-corrected chi connectivity index (χ2v) is 6.87. The molecule has 1 saturated carbocycles. The number of nitrogens with zero attached hydrogens (tertiary/aromatic N) is 2. The summed E-state index contributed by atoms with van der Waals surface area (Å²) >= 11 is 0. The fourth-order valence-electron chi connectivity index (χ4n) is 3.82. The number of H-pyrrole nitrogens is 1. The third-order valence-corrected chi connectivity index (χ3v) is 4.97. The zero-order chi connectivity index (χ0) is 16.2. The van der Waals surface area contributed by atoms with Gasteiger partial charge in [-0.05, 0) is 37.8 Å². The largest absolute Gasteiger partial charge is 0.397 e. The van der Waals surface area contributed by atoms with Gasteiger partial charge in [0.05, 0.1) is 22.4 Å². The molecular weight excluding hydrogens is 284 g/mol. The Morgan fingerprint density at radius 1 is 1.13 bits per heavy atom. The highest BCUT2D eigenvalue weighted by Crippen LogP contribution is 2.34. The maximum Gasteiger partial charge on any atom is 0.110 e. The van der Waals surface area contributed by atoms with Crippen LogP contribution in [-0.4, -0.2) is 23.1 Å². The number of rotatable bonds is 6. The molecule has 0 unspecified atom stereocenters. The number of aromatic amines is 1. The van der Waals surface area contributed by atoms with E-state index in [1.165, 1.54) is 32.1 Å². The maximum absolute atomic E-state index is 6.35. The minimum absolute atomic E-state index is 0.600. The summed E-state index contributed by atoms with van der Waals surface area (Å²) in [6.07, 6.45) is 8.82. The Kier molecular flexibility index (Phi) is 5.09. The highest BCUT2D eigenvalue weighted by molar-refractivity contribution is 5.87. The number of hydrogen-bond donors (Lipinski definition) is 2. The molecule has 3 rings (SSSR count). The van der Waals surface area contributed by atoms with E-state index < -0.39 is 0 Å². The summed E-state index contributed by atoms with van der Waals surface area (Å²) in [6, 6.07) is 4.25. The first-order valence-electron chi connectivity index (χ1n) is 9.27. The molecule has 0 bridgehead atoms. The molecule has 1 aromatic heterocycles. The number of aromatic nitrogens is 2. The van der Waals surface area contributed by atoms with Crippen molar-refractivity contribution in [2.24, 2.45) is 0 Å². The summed E-state index contributed by atoms with van der Waals surface area (Å²) in [4.78, 5) is 10.8. The molecule has 23 heavy (non-hydrogen) atoms. The average molecular weight is 314 g/mol. The number of hydrogen-bond acceptors (Lipinski definition) is 3. The van der Waals surface area contributed by atoms with Crippen molar-refractivity contribution in [3.63, 3.8) is 0 Å². The molecule has 2 aromatic rings. The second-order valence-electron chi connectivity index (χ2n) is 6.87. The van der Waals surface area contributed by atoms with Crippen LogP contribution in [0.2, 0.25) is 0 Å². The minimum Gasteiger partial charge on any atom is -0.397 e. The molecule has 4 nitrogen and oxygen atoms in total. The Balaban J connectivity index is 1.93. The molecule has 0 radical (unpaired) electrons. The van der Waals surface area contributed by atoms with Crippen LogP contribution in [0.1, 0.15) is 70.5 Å². The van der Waals surface area contributed by atoms with Crippen molar-refractivity contribution in [2.75, 3.05) is 23.7 Å². The number of benzene rings is 1. The van der Waals surface area contributed by atoms with Gasteiger partial charge in [-0.3, -0.25) is 0 Å². The lowest BCUT2D eigenvalue weighted by Gasteiger charge is -2.25. The fraction of sp³-hybridized carbons (Fsp3) is 0.632. The SMILES string of the molecule is CCCN(CCC)c1cc2nc(C3CCCCC3)[nH]c2cc1N. The van der Waals surface area contributed by atoms with Gasteiger partial charge in [-0.2, -0.15) is 0 Å². The Morgan fingerprint density at radius 3 is 2.48 bits per heavy atom. The maximum atomic E-state index is 6.35. The van der Waals surface area contributed by atoms with Crippen LogP contribution in [0.3, 0.4) is 0 Å². The molecule has 1 heterocycles. The normalized spacial score (nSPS) is 16.1. The smallest absolute Gasteiger partial charge is 0.110 e. The van der Waals surface area contributed by atoms with Crippen LogP contribution in [0.25, 0.3) is 11.0 Å². The Bertz CT molecular complexity index is 634. The molecule has 1 fully saturated rings. The lowest BCUT2D eigenvalue weighted by molar-refractivity contribution is 0.431. The number of nitrogens with one attached hydrogen (secondary N) is 1. The Labute approximate surface area is 139 Å². The van der Waals surface area contributed by atoms with Gasteiger partial charge in [-0.15, -0.1) is 0 Å². The zero-order valence-electron chi connectivity index (χ0n) is 14.6. The van der Waals surface area contributed by atoms with Gasteiger partial charge in [-0.25, -0.2) is 4.98 Å². The lowest BCUT2D eigenvalue weighted by Crippen LogP contribution is -2.25. The Hall–Kier alpha value is -1.71. The van der Waals surface area contributed by atoms with Crippen LogP contribution < -0.4 is 10.6 Å². The van der Waals surface area contributed by atoms with Crippen molar-refractivity contribution >= 4 is 22.4 Å². The van der Waals surface area contributed by atoms with Crippen LogP contribution in [0.15, 0.2) is 12.1 Å². The first kappa shape index (κ1) is 16.2.